The Bertz CT molecular complexity index is 778. The normalized spacial score (nSPS) is 12.6. The van der Waals surface area contributed by atoms with Crippen LogP contribution in [0.4, 0.5) is 0 Å². The molecule has 126 valence electrons. The molecule has 25 heavy (non-hydrogen) atoms. The first-order valence-electron chi connectivity index (χ1n) is 8.43. The van der Waals surface area contributed by atoms with Crippen molar-refractivity contribution in [3.8, 4) is 0 Å². The minimum Gasteiger partial charge on any atom is -0.394 e. The summed E-state index contributed by atoms with van der Waals surface area (Å²) in [7, 11) is -0.656. The molecule has 0 aliphatic rings. The van der Waals surface area contributed by atoms with E-state index in [9.17, 15) is 5.11 Å². The lowest BCUT2D eigenvalue weighted by Gasteiger charge is -2.21. The second kappa shape index (κ2) is 8.71. The Balaban J connectivity index is 2.10. The minimum absolute atomic E-state index is 0.0603. The summed E-state index contributed by atoms with van der Waals surface area (Å²) >= 11 is 0. The number of hydrogen-bond donors (Lipinski definition) is 1. The molecule has 3 aromatic carbocycles. The highest BCUT2D eigenvalue weighted by molar-refractivity contribution is 7.80. The molecule has 0 saturated carbocycles. The summed E-state index contributed by atoms with van der Waals surface area (Å²) in [6.07, 6.45) is 1.90. The predicted octanol–water partition coefficient (Wildman–Crippen LogP) is 3.24. The summed E-state index contributed by atoms with van der Waals surface area (Å²) in [5.74, 6) is 0. The quantitative estimate of drug-likeness (QED) is 0.539. The average Bonchev–Trinajstić information content (AvgIpc) is 2.69. The Labute approximate surface area is 150 Å². The van der Waals surface area contributed by atoms with Gasteiger partial charge in [-0.05, 0) is 30.8 Å². The third kappa shape index (κ3) is 4.42. The number of hydrogen-bond acceptors (Lipinski definition) is 2. The van der Waals surface area contributed by atoms with Crippen molar-refractivity contribution in [1.82, 2.24) is 0 Å². The van der Waals surface area contributed by atoms with Crippen LogP contribution in [0.3, 0.4) is 0 Å². The summed E-state index contributed by atoms with van der Waals surface area (Å²) in [5.41, 5.74) is 1.11. The first kappa shape index (κ1) is 17.5. The molecular formula is C22H22NOP. The van der Waals surface area contributed by atoms with Crippen molar-refractivity contribution in [1.29, 1.82) is 0 Å². The molecule has 0 amide bonds. The molecule has 3 aromatic rings. The number of aliphatic hydroxyl groups is 1. The van der Waals surface area contributed by atoms with E-state index in [4.69, 9.17) is 0 Å². The first-order valence-corrected chi connectivity index (χ1v) is 9.77. The second-order valence-corrected chi connectivity index (χ2v) is 8.06. The van der Waals surface area contributed by atoms with E-state index in [0.29, 0.717) is 0 Å². The predicted molar refractivity (Wildman–Crippen MR) is 109 cm³/mol. The topological polar surface area (TPSA) is 32.6 Å². The van der Waals surface area contributed by atoms with Gasteiger partial charge in [0.1, 0.15) is 0 Å². The van der Waals surface area contributed by atoms with Crippen molar-refractivity contribution < 1.29 is 5.11 Å². The Morgan fingerprint density at radius 1 is 0.840 bits per heavy atom. The fraction of sp³-hybridized carbons (Fsp3) is 0.136. The van der Waals surface area contributed by atoms with Crippen LogP contribution >= 0.6 is 7.92 Å². The lowest BCUT2D eigenvalue weighted by molar-refractivity contribution is 0.275. The van der Waals surface area contributed by atoms with Crippen LogP contribution in [0.15, 0.2) is 89.9 Å². The number of nitrogens with zero attached hydrogens (tertiary/aromatic N) is 1. The minimum atomic E-state index is -0.656. The van der Waals surface area contributed by atoms with Crippen LogP contribution in [-0.2, 0) is 0 Å². The van der Waals surface area contributed by atoms with E-state index in [-0.39, 0.29) is 12.6 Å². The van der Waals surface area contributed by atoms with Gasteiger partial charge in [-0.15, -0.1) is 0 Å². The second-order valence-electron chi connectivity index (χ2n) is 5.88. The maximum absolute atomic E-state index is 9.24. The van der Waals surface area contributed by atoms with Crippen LogP contribution in [0.1, 0.15) is 12.5 Å². The van der Waals surface area contributed by atoms with Gasteiger partial charge in [0.05, 0.1) is 12.6 Å². The van der Waals surface area contributed by atoms with Gasteiger partial charge in [-0.25, -0.2) is 0 Å². The molecule has 1 N–H and O–H groups in total. The van der Waals surface area contributed by atoms with Crippen molar-refractivity contribution in [3.63, 3.8) is 0 Å². The summed E-state index contributed by atoms with van der Waals surface area (Å²) < 4.78 is 0. The molecule has 0 unspecified atom stereocenters. The summed E-state index contributed by atoms with van der Waals surface area (Å²) in [6.45, 7) is 1.97. The molecule has 0 spiro atoms. The van der Waals surface area contributed by atoms with Gasteiger partial charge in [0, 0.05) is 11.8 Å². The summed E-state index contributed by atoms with van der Waals surface area (Å²) in [5, 5.41) is 13.2. The summed E-state index contributed by atoms with van der Waals surface area (Å²) in [6, 6.07) is 29.6. The summed E-state index contributed by atoms with van der Waals surface area (Å²) in [4.78, 5) is 4.48. The molecule has 0 fully saturated rings. The maximum atomic E-state index is 9.24. The van der Waals surface area contributed by atoms with Crippen LogP contribution < -0.4 is 15.9 Å². The van der Waals surface area contributed by atoms with Crippen molar-refractivity contribution in [2.45, 2.75) is 13.0 Å². The largest absolute Gasteiger partial charge is 0.394 e. The zero-order valence-corrected chi connectivity index (χ0v) is 15.2. The van der Waals surface area contributed by atoms with Gasteiger partial charge < -0.3 is 5.11 Å². The van der Waals surface area contributed by atoms with Crippen LogP contribution in [0.25, 0.3) is 0 Å². The third-order valence-electron chi connectivity index (χ3n) is 3.94. The highest BCUT2D eigenvalue weighted by Gasteiger charge is 2.18. The monoisotopic (exact) mass is 347 g/mol. The fourth-order valence-electron chi connectivity index (χ4n) is 2.64. The Morgan fingerprint density at radius 3 is 1.92 bits per heavy atom. The van der Waals surface area contributed by atoms with Crippen LogP contribution in [-0.4, -0.2) is 24.0 Å². The lowest BCUT2D eigenvalue weighted by atomic mass is 10.2. The zero-order chi connectivity index (χ0) is 17.5. The van der Waals surface area contributed by atoms with E-state index in [2.05, 4.69) is 83.9 Å². The van der Waals surface area contributed by atoms with E-state index in [1.54, 1.807) is 0 Å². The van der Waals surface area contributed by atoms with Crippen LogP contribution in [0, 0.1) is 0 Å². The molecule has 0 aliphatic carbocycles. The van der Waals surface area contributed by atoms with Gasteiger partial charge in [-0.3, -0.25) is 4.99 Å². The molecule has 0 saturated heterocycles. The number of benzene rings is 3. The number of aliphatic imine (C=N–C) groups is 1. The lowest BCUT2D eigenvalue weighted by Crippen LogP contribution is -2.23. The maximum Gasteiger partial charge on any atom is 0.0702 e. The molecule has 2 nitrogen and oxygen atoms in total. The average molecular weight is 347 g/mol. The van der Waals surface area contributed by atoms with E-state index < -0.39 is 7.92 Å². The Morgan fingerprint density at radius 2 is 1.36 bits per heavy atom. The highest BCUT2D eigenvalue weighted by atomic mass is 31.1. The standard InChI is InChI=1S/C22H22NOP/c1-18(17-24)23-16-19-10-8-9-15-22(19)25(20-11-4-2-5-12-20)21-13-6-3-7-14-21/h2-16,18,24H,17H2,1H3/t18-/m0/s1. The fourth-order valence-corrected chi connectivity index (χ4v) is 5.06. The molecule has 0 radical (unpaired) electrons. The van der Waals surface area contributed by atoms with Crippen molar-refractivity contribution in [2.24, 2.45) is 4.99 Å². The molecule has 0 bridgehead atoms. The number of aliphatic hydroxyl groups excluding tert-OH is 1. The van der Waals surface area contributed by atoms with E-state index in [1.165, 1.54) is 15.9 Å². The highest BCUT2D eigenvalue weighted by Crippen LogP contribution is 2.33. The smallest absolute Gasteiger partial charge is 0.0702 e. The SMILES string of the molecule is C[C@@H](CO)N=Cc1ccccc1P(c1ccccc1)c1ccccc1. The van der Waals surface area contributed by atoms with Crippen molar-refractivity contribution in [3.05, 3.63) is 90.5 Å². The molecule has 0 aromatic heterocycles. The van der Waals surface area contributed by atoms with E-state index in [0.717, 1.165) is 5.56 Å². The van der Waals surface area contributed by atoms with Gasteiger partial charge in [0.15, 0.2) is 0 Å². The first-order chi connectivity index (χ1) is 12.3. The van der Waals surface area contributed by atoms with Crippen LogP contribution in [0.2, 0.25) is 0 Å². The molecule has 1 atom stereocenters. The van der Waals surface area contributed by atoms with Gasteiger partial charge >= 0.3 is 0 Å². The number of rotatable bonds is 6. The Kier molecular flexibility index (Phi) is 6.11. The van der Waals surface area contributed by atoms with Crippen molar-refractivity contribution >= 4 is 30.0 Å². The third-order valence-corrected chi connectivity index (χ3v) is 6.46. The Hall–Kier alpha value is -2.28. The molecule has 0 heterocycles. The van der Waals surface area contributed by atoms with E-state index >= 15 is 0 Å². The van der Waals surface area contributed by atoms with Gasteiger partial charge in [0.2, 0.25) is 0 Å². The van der Waals surface area contributed by atoms with Crippen LogP contribution in [0.5, 0.6) is 0 Å². The molecule has 0 aliphatic heterocycles. The van der Waals surface area contributed by atoms with Gasteiger partial charge in [0.25, 0.3) is 0 Å². The van der Waals surface area contributed by atoms with Crippen molar-refractivity contribution in [2.75, 3.05) is 6.61 Å². The molecular weight excluding hydrogens is 325 g/mol. The van der Waals surface area contributed by atoms with E-state index in [1.807, 2.05) is 19.2 Å². The molecule has 3 heteroatoms. The molecule has 3 rings (SSSR count). The van der Waals surface area contributed by atoms with Gasteiger partial charge in [-0.1, -0.05) is 84.9 Å². The zero-order valence-electron chi connectivity index (χ0n) is 14.3. The van der Waals surface area contributed by atoms with Gasteiger partial charge in [-0.2, -0.15) is 0 Å².